The Hall–Kier alpha value is -0.490. The molecule has 1 rings (SSSR count). The van der Waals surface area contributed by atoms with Crippen molar-refractivity contribution in [2.45, 2.75) is 32.6 Å². The molecule has 66 valence electrons. The van der Waals surface area contributed by atoms with Crippen molar-refractivity contribution in [1.29, 1.82) is 0 Å². The lowest BCUT2D eigenvalue weighted by atomic mass is 10.0. The average molecular weight is 183 g/mol. The van der Waals surface area contributed by atoms with E-state index in [1.165, 1.54) is 16.7 Å². The SMILES string of the molecule is CCC(Cl)c1ccc(C)cc1C. The third-order valence-corrected chi connectivity index (χ3v) is 2.66. The molecule has 1 aromatic carbocycles. The van der Waals surface area contributed by atoms with Crippen LogP contribution in [0.25, 0.3) is 0 Å². The summed E-state index contributed by atoms with van der Waals surface area (Å²) < 4.78 is 0. The van der Waals surface area contributed by atoms with Gasteiger partial charge in [0.1, 0.15) is 0 Å². The summed E-state index contributed by atoms with van der Waals surface area (Å²) in [5, 5.41) is 0.172. The monoisotopic (exact) mass is 182 g/mol. The molecular weight excluding hydrogens is 168 g/mol. The molecule has 0 bridgehead atoms. The minimum absolute atomic E-state index is 0.172. The van der Waals surface area contributed by atoms with Crippen LogP contribution in [0.1, 0.15) is 35.4 Å². The highest BCUT2D eigenvalue weighted by atomic mass is 35.5. The summed E-state index contributed by atoms with van der Waals surface area (Å²) >= 11 is 6.15. The Morgan fingerprint density at radius 3 is 2.50 bits per heavy atom. The third kappa shape index (κ3) is 2.01. The van der Waals surface area contributed by atoms with Gasteiger partial charge in [0.2, 0.25) is 0 Å². The second kappa shape index (κ2) is 3.95. The predicted molar refractivity (Wildman–Crippen MR) is 54.8 cm³/mol. The molecule has 1 aromatic rings. The van der Waals surface area contributed by atoms with Gasteiger partial charge in [0, 0.05) is 0 Å². The van der Waals surface area contributed by atoms with Crippen molar-refractivity contribution in [2.75, 3.05) is 0 Å². The highest BCUT2D eigenvalue weighted by Crippen LogP contribution is 2.26. The molecule has 0 saturated carbocycles. The van der Waals surface area contributed by atoms with Crippen molar-refractivity contribution < 1.29 is 0 Å². The maximum atomic E-state index is 6.15. The molecule has 1 atom stereocenters. The van der Waals surface area contributed by atoms with Gasteiger partial charge < -0.3 is 0 Å². The van der Waals surface area contributed by atoms with Gasteiger partial charge in [0.05, 0.1) is 5.38 Å². The first-order valence-electron chi connectivity index (χ1n) is 4.36. The first-order chi connectivity index (χ1) is 5.65. The predicted octanol–water partition coefficient (Wildman–Crippen LogP) is 3.99. The Morgan fingerprint density at radius 2 is 2.00 bits per heavy atom. The summed E-state index contributed by atoms with van der Waals surface area (Å²) in [4.78, 5) is 0. The molecule has 0 aromatic heterocycles. The smallest absolute Gasteiger partial charge is 0.0585 e. The summed E-state index contributed by atoms with van der Waals surface area (Å²) in [6.07, 6.45) is 0.992. The van der Waals surface area contributed by atoms with Crippen LogP contribution < -0.4 is 0 Å². The van der Waals surface area contributed by atoms with Crippen molar-refractivity contribution in [3.63, 3.8) is 0 Å². The largest absolute Gasteiger partial charge is 0.118 e. The van der Waals surface area contributed by atoms with Crippen LogP contribution in [0.3, 0.4) is 0 Å². The van der Waals surface area contributed by atoms with Gasteiger partial charge in [0.15, 0.2) is 0 Å². The molecule has 0 heterocycles. The molecular formula is C11H15Cl. The molecule has 12 heavy (non-hydrogen) atoms. The van der Waals surface area contributed by atoms with Gasteiger partial charge in [-0.05, 0) is 31.4 Å². The molecule has 0 aliphatic heterocycles. The molecule has 0 saturated heterocycles. The lowest BCUT2D eigenvalue weighted by Crippen LogP contribution is -1.92. The van der Waals surface area contributed by atoms with Crippen molar-refractivity contribution >= 4 is 11.6 Å². The van der Waals surface area contributed by atoms with Crippen molar-refractivity contribution in [1.82, 2.24) is 0 Å². The Kier molecular flexibility index (Phi) is 3.16. The normalized spacial score (nSPS) is 13.0. The van der Waals surface area contributed by atoms with Gasteiger partial charge >= 0.3 is 0 Å². The number of benzene rings is 1. The Bertz CT molecular complexity index is 266. The van der Waals surface area contributed by atoms with Gasteiger partial charge in [0.25, 0.3) is 0 Å². The Balaban J connectivity index is 3.01. The fourth-order valence-corrected chi connectivity index (χ4v) is 1.64. The summed E-state index contributed by atoms with van der Waals surface area (Å²) in [6.45, 7) is 6.33. The van der Waals surface area contributed by atoms with Gasteiger partial charge in [-0.15, -0.1) is 11.6 Å². The molecule has 0 amide bonds. The zero-order valence-electron chi connectivity index (χ0n) is 7.89. The molecule has 0 fully saturated rings. The Morgan fingerprint density at radius 1 is 1.33 bits per heavy atom. The van der Waals surface area contributed by atoms with Gasteiger partial charge in [-0.1, -0.05) is 30.7 Å². The molecule has 0 nitrogen and oxygen atoms in total. The molecule has 1 unspecified atom stereocenters. The van der Waals surface area contributed by atoms with Crippen LogP contribution >= 0.6 is 11.6 Å². The van der Waals surface area contributed by atoms with E-state index in [4.69, 9.17) is 11.6 Å². The second-order valence-electron chi connectivity index (χ2n) is 3.24. The second-order valence-corrected chi connectivity index (χ2v) is 3.76. The quantitative estimate of drug-likeness (QED) is 0.607. The van der Waals surface area contributed by atoms with Crippen LogP contribution in [-0.2, 0) is 0 Å². The fourth-order valence-electron chi connectivity index (χ4n) is 1.40. The molecule has 0 aliphatic carbocycles. The Labute approximate surface area is 79.6 Å². The minimum Gasteiger partial charge on any atom is -0.118 e. The first-order valence-corrected chi connectivity index (χ1v) is 4.80. The van der Waals surface area contributed by atoms with Crippen LogP contribution in [0.4, 0.5) is 0 Å². The standard InChI is InChI=1S/C11H15Cl/c1-4-11(12)10-6-5-8(2)7-9(10)3/h5-7,11H,4H2,1-3H3. The van der Waals surface area contributed by atoms with E-state index >= 15 is 0 Å². The molecule has 0 spiro atoms. The number of alkyl halides is 1. The number of rotatable bonds is 2. The van der Waals surface area contributed by atoms with Crippen LogP contribution in [0.5, 0.6) is 0 Å². The first kappa shape index (κ1) is 9.60. The zero-order valence-corrected chi connectivity index (χ0v) is 8.65. The summed E-state index contributed by atoms with van der Waals surface area (Å²) in [5.74, 6) is 0. The zero-order chi connectivity index (χ0) is 9.14. The van der Waals surface area contributed by atoms with E-state index in [0.29, 0.717) is 0 Å². The highest BCUT2D eigenvalue weighted by molar-refractivity contribution is 6.20. The lowest BCUT2D eigenvalue weighted by molar-refractivity contribution is 0.875. The molecule has 1 heteroatoms. The number of halogens is 1. The summed E-state index contributed by atoms with van der Waals surface area (Å²) in [7, 11) is 0. The van der Waals surface area contributed by atoms with E-state index < -0.39 is 0 Å². The van der Waals surface area contributed by atoms with Crippen LogP contribution in [-0.4, -0.2) is 0 Å². The lowest BCUT2D eigenvalue weighted by Gasteiger charge is -2.10. The topological polar surface area (TPSA) is 0 Å². The van der Waals surface area contributed by atoms with E-state index in [2.05, 4.69) is 39.0 Å². The average Bonchev–Trinajstić information content (AvgIpc) is 2.03. The number of hydrogen-bond acceptors (Lipinski definition) is 0. The number of hydrogen-bond donors (Lipinski definition) is 0. The van der Waals surface area contributed by atoms with Crippen molar-refractivity contribution in [3.8, 4) is 0 Å². The van der Waals surface area contributed by atoms with Crippen molar-refractivity contribution in [3.05, 3.63) is 34.9 Å². The van der Waals surface area contributed by atoms with E-state index in [0.717, 1.165) is 6.42 Å². The van der Waals surface area contributed by atoms with E-state index in [1.54, 1.807) is 0 Å². The van der Waals surface area contributed by atoms with Gasteiger partial charge in [-0.2, -0.15) is 0 Å². The molecule has 0 aliphatic rings. The highest BCUT2D eigenvalue weighted by Gasteiger charge is 2.07. The van der Waals surface area contributed by atoms with Gasteiger partial charge in [-0.25, -0.2) is 0 Å². The van der Waals surface area contributed by atoms with E-state index in [1.807, 2.05) is 0 Å². The third-order valence-electron chi connectivity index (χ3n) is 2.12. The number of aryl methyl sites for hydroxylation is 2. The van der Waals surface area contributed by atoms with Crippen LogP contribution in [0.15, 0.2) is 18.2 Å². The summed E-state index contributed by atoms with van der Waals surface area (Å²) in [6, 6.07) is 6.43. The molecule has 0 radical (unpaired) electrons. The molecule has 0 N–H and O–H groups in total. The minimum atomic E-state index is 0.172. The van der Waals surface area contributed by atoms with Crippen molar-refractivity contribution in [2.24, 2.45) is 0 Å². The van der Waals surface area contributed by atoms with Crippen LogP contribution in [0.2, 0.25) is 0 Å². The fraction of sp³-hybridized carbons (Fsp3) is 0.455. The summed E-state index contributed by atoms with van der Waals surface area (Å²) in [5.41, 5.74) is 3.87. The van der Waals surface area contributed by atoms with E-state index in [-0.39, 0.29) is 5.38 Å². The van der Waals surface area contributed by atoms with Crippen LogP contribution in [0, 0.1) is 13.8 Å². The maximum absolute atomic E-state index is 6.15. The maximum Gasteiger partial charge on any atom is 0.0585 e. The van der Waals surface area contributed by atoms with Gasteiger partial charge in [-0.3, -0.25) is 0 Å². The van der Waals surface area contributed by atoms with E-state index in [9.17, 15) is 0 Å².